The molecule has 11 nitrogen and oxygen atoms in total. The number of halogens is 1. The lowest BCUT2D eigenvalue weighted by atomic mass is 9.85. The zero-order valence-electron chi connectivity index (χ0n) is 23.6. The highest BCUT2D eigenvalue weighted by Gasteiger charge is 2.25. The van der Waals surface area contributed by atoms with Gasteiger partial charge in [0.1, 0.15) is 11.5 Å². The third-order valence-corrected chi connectivity index (χ3v) is 8.47. The Hall–Kier alpha value is -5.01. The number of hydrogen-bond donors (Lipinski definition) is 4. The summed E-state index contributed by atoms with van der Waals surface area (Å²) in [5, 5.41) is 12.1. The molecule has 0 aliphatic heterocycles. The van der Waals surface area contributed by atoms with Crippen LogP contribution < -0.4 is 10.0 Å². The molecule has 0 spiro atoms. The van der Waals surface area contributed by atoms with Crippen LogP contribution in [-0.4, -0.2) is 50.7 Å². The van der Waals surface area contributed by atoms with Crippen molar-refractivity contribution in [3.05, 3.63) is 78.6 Å². The van der Waals surface area contributed by atoms with E-state index in [1.165, 1.54) is 12.1 Å². The normalized spacial score (nSPS) is 13.8. The van der Waals surface area contributed by atoms with Crippen LogP contribution in [0.3, 0.4) is 0 Å². The van der Waals surface area contributed by atoms with E-state index in [9.17, 15) is 17.6 Å². The molecule has 1 aliphatic carbocycles. The number of pyridine rings is 3. The number of benzene rings is 1. The van der Waals surface area contributed by atoms with Crippen molar-refractivity contribution in [2.24, 2.45) is 5.92 Å². The van der Waals surface area contributed by atoms with Gasteiger partial charge in [0.15, 0.2) is 0 Å². The van der Waals surface area contributed by atoms with Crippen molar-refractivity contribution in [2.75, 3.05) is 11.6 Å². The van der Waals surface area contributed by atoms with Crippen LogP contribution in [0.2, 0.25) is 0 Å². The van der Waals surface area contributed by atoms with Gasteiger partial charge in [-0.3, -0.25) is 24.8 Å². The van der Waals surface area contributed by atoms with Gasteiger partial charge in [-0.2, -0.15) is 5.10 Å². The van der Waals surface area contributed by atoms with Gasteiger partial charge in [-0.1, -0.05) is 6.42 Å². The smallest absolute Gasteiger partial charge is 0.227 e. The molecule has 0 bridgehead atoms. The summed E-state index contributed by atoms with van der Waals surface area (Å²) in [4.78, 5) is 29.3. The lowest BCUT2D eigenvalue weighted by Crippen LogP contribution is -2.28. The van der Waals surface area contributed by atoms with Crippen molar-refractivity contribution in [1.82, 2.24) is 34.9 Å². The Kier molecular flexibility index (Phi) is 6.90. The number of carbonyl (C=O) groups excluding carboxylic acids is 1. The van der Waals surface area contributed by atoms with E-state index in [2.05, 4.69) is 40.2 Å². The molecule has 1 amide bonds. The number of carbonyl (C=O) groups is 1. The fourth-order valence-corrected chi connectivity index (χ4v) is 5.79. The summed E-state index contributed by atoms with van der Waals surface area (Å²) in [5.41, 5.74) is 6.45. The van der Waals surface area contributed by atoms with Crippen LogP contribution in [0.25, 0.3) is 55.7 Å². The maximum Gasteiger partial charge on any atom is 0.227 e. The van der Waals surface area contributed by atoms with Gasteiger partial charge in [0, 0.05) is 52.3 Å². The molecule has 0 atom stereocenters. The lowest BCUT2D eigenvalue weighted by Gasteiger charge is -2.24. The second-order valence-corrected chi connectivity index (χ2v) is 12.8. The molecule has 13 heteroatoms. The minimum absolute atomic E-state index is 0.0171. The van der Waals surface area contributed by atoms with Crippen molar-refractivity contribution in [3.8, 4) is 33.9 Å². The molecule has 44 heavy (non-hydrogen) atoms. The number of hydrogen-bond acceptors (Lipinski definition) is 7. The fourth-order valence-electron chi connectivity index (χ4n) is 5.36. The van der Waals surface area contributed by atoms with Gasteiger partial charge in [0.25, 0.3) is 0 Å². The number of aromatic nitrogens is 6. The zero-order valence-corrected chi connectivity index (χ0v) is 24.4. The molecule has 1 saturated carbocycles. The first-order valence-electron chi connectivity index (χ1n) is 14.0. The molecule has 5 heterocycles. The maximum absolute atomic E-state index is 14.6. The van der Waals surface area contributed by atoms with Crippen molar-refractivity contribution in [1.29, 1.82) is 0 Å². The Morgan fingerprint density at radius 1 is 0.977 bits per heavy atom. The Morgan fingerprint density at radius 3 is 2.61 bits per heavy atom. The first-order valence-corrected chi connectivity index (χ1v) is 15.9. The minimum Gasteiger partial charge on any atom is -0.353 e. The first-order chi connectivity index (χ1) is 21.2. The lowest BCUT2D eigenvalue weighted by molar-refractivity contribution is -0.122. The molecular formula is C31H27FN8O3S. The van der Waals surface area contributed by atoms with Gasteiger partial charge in [0.05, 0.1) is 46.9 Å². The average molecular weight is 611 g/mol. The summed E-state index contributed by atoms with van der Waals surface area (Å²) < 4.78 is 40.1. The minimum atomic E-state index is -3.44. The Bertz CT molecular complexity index is 2170. The van der Waals surface area contributed by atoms with Crippen LogP contribution in [-0.2, 0) is 21.4 Å². The Morgan fingerprint density at radius 2 is 1.82 bits per heavy atom. The number of fused-ring (bicyclic) bond motifs is 2. The predicted octanol–water partition coefficient (Wildman–Crippen LogP) is 5.16. The van der Waals surface area contributed by atoms with Crippen LogP contribution >= 0.6 is 0 Å². The summed E-state index contributed by atoms with van der Waals surface area (Å²) in [6.45, 7) is -0.0428. The summed E-state index contributed by atoms with van der Waals surface area (Å²) in [7, 11) is -3.44. The van der Waals surface area contributed by atoms with Crippen molar-refractivity contribution < 1.29 is 17.6 Å². The number of anilines is 1. The summed E-state index contributed by atoms with van der Waals surface area (Å²) in [6, 6.07) is 11.9. The highest BCUT2D eigenvalue weighted by atomic mass is 32.2. The van der Waals surface area contributed by atoms with Gasteiger partial charge >= 0.3 is 0 Å². The molecule has 1 aliphatic rings. The van der Waals surface area contributed by atoms with E-state index in [1.807, 2.05) is 24.3 Å². The SMILES string of the molecule is CS(=O)(=O)NCc1cc(F)cc(-c2nccc3[nH]c(-c4n[nH]c5cnc(-c6cncc(NC(=O)C7CCC7)c6)cc45)cc23)c1. The molecular weight excluding hydrogens is 583 g/mol. The number of amides is 1. The fraction of sp³-hybridized carbons (Fsp3) is 0.194. The molecule has 0 radical (unpaired) electrons. The number of aromatic amines is 2. The van der Waals surface area contributed by atoms with Gasteiger partial charge in [0.2, 0.25) is 15.9 Å². The molecule has 1 aromatic carbocycles. The quantitative estimate of drug-likeness (QED) is 0.185. The van der Waals surface area contributed by atoms with Crippen LogP contribution in [0.5, 0.6) is 0 Å². The summed E-state index contributed by atoms with van der Waals surface area (Å²) >= 11 is 0. The number of rotatable bonds is 8. The number of nitrogens with one attached hydrogen (secondary N) is 4. The van der Waals surface area contributed by atoms with Gasteiger partial charge in [-0.25, -0.2) is 17.5 Å². The van der Waals surface area contributed by atoms with E-state index >= 15 is 0 Å². The number of H-pyrrole nitrogens is 2. The van der Waals surface area contributed by atoms with E-state index in [-0.39, 0.29) is 18.4 Å². The van der Waals surface area contributed by atoms with E-state index in [0.29, 0.717) is 39.6 Å². The van der Waals surface area contributed by atoms with E-state index < -0.39 is 15.8 Å². The molecule has 5 aromatic heterocycles. The predicted molar refractivity (Wildman–Crippen MR) is 165 cm³/mol. The van der Waals surface area contributed by atoms with Gasteiger partial charge in [-0.15, -0.1) is 0 Å². The van der Waals surface area contributed by atoms with Crippen molar-refractivity contribution >= 4 is 43.4 Å². The largest absolute Gasteiger partial charge is 0.353 e. The molecule has 6 aromatic rings. The van der Waals surface area contributed by atoms with Crippen molar-refractivity contribution in [2.45, 2.75) is 25.8 Å². The molecule has 222 valence electrons. The Labute approximate surface area is 251 Å². The molecule has 1 fully saturated rings. The van der Waals surface area contributed by atoms with Crippen LogP contribution in [0.15, 0.2) is 67.3 Å². The topological polar surface area (TPSA) is 158 Å². The molecule has 0 unspecified atom stereocenters. The van der Waals surface area contributed by atoms with Crippen LogP contribution in [0, 0.1) is 11.7 Å². The highest BCUT2D eigenvalue weighted by molar-refractivity contribution is 7.88. The highest BCUT2D eigenvalue weighted by Crippen LogP contribution is 2.35. The second-order valence-electron chi connectivity index (χ2n) is 11.0. The van der Waals surface area contributed by atoms with Gasteiger partial charge in [-0.05, 0) is 60.9 Å². The molecule has 7 rings (SSSR count). The van der Waals surface area contributed by atoms with Gasteiger partial charge < -0.3 is 10.3 Å². The molecule has 0 saturated heterocycles. The second kappa shape index (κ2) is 10.9. The zero-order chi connectivity index (χ0) is 30.4. The standard InChI is InChI=1S/C31H27FN8O3S/c1-44(42,43)36-13-17-7-19(9-21(32)8-17)29-23-12-27(38-25(23)5-6-34-29)30-24-11-26(35-16-28(24)39-40-30)20-10-22(15-33-14-20)37-31(41)18-3-2-4-18/h5-12,14-16,18,36,38H,2-4,13H2,1H3,(H,37,41)(H,39,40). The number of nitrogens with zero attached hydrogens (tertiary/aromatic N) is 4. The maximum atomic E-state index is 14.6. The average Bonchev–Trinajstić information content (AvgIpc) is 3.58. The number of sulfonamides is 1. The third-order valence-electron chi connectivity index (χ3n) is 7.80. The Balaban J connectivity index is 1.23. The first kappa shape index (κ1) is 27.8. The summed E-state index contributed by atoms with van der Waals surface area (Å²) in [6.07, 6.45) is 10.6. The van der Waals surface area contributed by atoms with E-state index in [0.717, 1.165) is 52.9 Å². The van der Waals surface area contributed by atoms with Crippen molar-refractivity contribution in [3.63, 3.8) is 0 Å². The summed E-state index contributed by atoms with van der Waals surface area (Å²) in [5.74, 6) is -0.418. The van der Waals surface area contributed by atoms with Crippen LogP contribution in [0.4, 0.5) is 10.1 Å². The molecule has 4 N–H and O–H groups in total. The van der Waals surface area contributed by atoms with E-state index in [4.69, 9.17) is 0 Å². The van der Waals surface area contributed by atoms with Crippen LogP contribution in [0.1, 0.15) is 24.8 Å². The third kappa shape index (κ3) is 5.54. The van der Waals surface area contributed by atoms with E-state index in [1.54, 1.807) is 30.9 Å². The monoisotopic (exact) mass is 610 g/mol.